The molecule has 3 fully saturated rings. The zero-order valence-electron chi connectivity index (χ0n) is 19.2. The van der Waals surface area contributed by atoms with Gasteiger partial charge in [-0.15, -0.1) is 0 Å². The highest BCUT2D eigenvalue weighted by molar-refractivity contribution is 5.64. The summed E-state index contributed by atoms with van der Waals surface area (Å²) in [7, 11) is 0. The Morgan fingerprint density at radius 2 is 1.63 bits per heavy atom. The molecule has 0 spiro atoms. The number of carbonyl (C=O) groups is 1. The number of hydrogen-bond acceptors (Lipinski definition) is 3. The molecule has 1 aromatic rings. The number of carboxylic acid groups (broad SMARTS) is 1. The van der Waals surface area contributed by atoms with E-state index in [2.05, 4.69) is 54.1 Å². The van der Waals surface area contributed by atoms with Crippen molar-refractivity contribution in [2.75, 3.05) is 37.6 Å². The number of rotatable bonds is 5. The van der Waals surface area contributed by atoms with Crippen LogP contribution >= 0.6 is 0 Å². The van der Waals surface area contributed by atoms with E-state index in [4.69, 9.17) is 5.11 Å². The summed E-state index contributed by atoms with van der Waals surface area (Å²) in [4.78, 5) is 15.5. The van der Waals surface area contributed by atoms with E-state index in [0.717, 1.165) is 24.7 Å². The van der Waals surface area contributed by atoms with E-state index in [1.165, 1.54) is 81.6 Å². The monoisotopic (exact) mass is 415 g/mol. The smallest absolute Gasteiger partial charge is 0.404 e. The van der Waals surface area contributed by atoms with Crippen molar-refractivity contribution >= 4 is 11.8 Å². The SMILES string of the molecule is CC[C@H]1CC[C@H](NC(=O)O)CC1.Cc1ccc(C)c(N2CCN(CC3CC3)CC2)c1. The Bertz CT molecular complexity index is 673. The van der Waals surface area contributed by atoms with Crippen molar-refractivity contribution < 1.29 is 9.90 Å². The number of nitrogens with zero attached hydrogens (tertiary/aromatic N) is 2. The first-order valence-electron chi connectivity index (χ1n) is 12.0. The van der Waals surface area contributed by atoms with Gasteiger partial charge in [0.05, 0.1) is 0 Å². The van der Waals surface area contributed by atoms with Crippen LogP contribution in [-0.2, 0) is 0 Å². The molecule has 0 aromatic heterocycles. The van der Waals surface area contributed by atoms with Crippen LogP contribution in [0.2, 0.25) is 0 Å². The second-order valence-electron chi connectivity index (χ2n) is 9.60. The Morgan fingerprint density at radius 3 is 2.20 bits per heavy atom. The fraction of sp³-hybridized carbons (Fsp3) is 0.720. The van der Waals surface area contributed by atoms with Crippen LogP contribution in [0.4, 0.5) is 10.5 Å². The quantitative estimate of drug-likeness (QED) is 0.706. The minimum Gasteiger partial charge on any atom is -0.465 e. The van der Waals surface area contributed by atoms with Crippen LogP contribution in [-0.4, -0.2) is 54.9 Å². The number of aryl methyl sites for hydroxylation is 2. The lowest BCUT2D eigenvalue weighted by Gasteiger charge is -2.37. The van der Waals surface area contributed by atoms with E-state index >= 15 is 0 Å². The molecule has 5 nitrogen and oxygen atoms in total. The zero-order valence-corrected chi connectivity index (χ0v) is 19.2. The predicted molar refractivity (Wildman–Crippen MR) is 124 cm³/mol. The molecule has 5 heteroatoms. The van der Waals surface area contributed by atoms with Crippen LogP contribution in [0, 0.1) is 25.7 Å². The van der Waals surface area contributed by atoms with Gasteiger partial charge in [-0.2, -0.15) is 0 Å². The van der Waals surface area contributed by atoms with Gasteiger partial charge in [-0.25, -0.2) is 4.79 Å². The number of hydrogen-bond donors (Lipinski definition) is 2. The molecular weight excluding hydrogens is 374 g/mol. The lowest BCUT2D eigenvalue weighted by atomic mass is 9.85. The Morgan fingerprint density at radius 1 is 1.00 bits per heavy atom. The van der Waals surface area contributed by atoms with Gasteiger partial charge in [-0.05, 0) is 81.4 Å². The van der Waals surface area contributed by atoms with Gasteiger partial charge in [0.1, 0.15) is 0 Å². The maximum absolute atomic E-state index is 10.3. The molecule has 2 aliphatic carbocycles. The van der Waals surface area contributed by atoms with E-state index in [9.17, 15) is 4.79 Å². The molecule has 4 rings (SSSR count). The molecule has 1 aromatic carbocycles. The highest BCUT2D eigenvalue weighted by atomic mass is 16.4. The molecule has 168 valence electrons. The molecule has 1 aliphatic heterocycles. The average Bonchev–Trinajstić information content (AvgIpc) is 3.55. The maximum Gasteiger partial charge on any atom is 0.404 e. The van der Waals surface area contributed by atoms with E-state index in [1.54, 1.807) is 0 Å². The van der Waals surface area contributed by atoms with Crippen LogP contribution in [0.5, 0.6) is 0 Å². The third kappa shape index (κ3) is 7.19. The number of piperazine rings is 1. The van der Waals surface area contributed by atoms with Crippen molar-refractivity contribution in [3.8, 4) is 0 Å². The molecule has 1 heterocycles. The van der Waals surface area contributed by atoms with Gasteiger partial charge in [0, 0.05) is 44.5 Å². The highest BCUT2D eigenvalue weighted by Crippen LogP contribution is 2.30. The molecule has 0 atom stereocenters. The standard InChI is InChI=1S/C16H24N2.C9H17NO2/c1-13-3-4-14(2)16(11-13)18-9-7-17(8-10-18)12-15-5-6-15;1-2-7-3-5-8(6-4-7)10-9(11)12/h3-4,11,15H,5-10,12H2,1-2H3;7-8,10H,2-6H2,1H3,(H,11,12)/t;7-,8-. The fourth-order valence-corrected chi connectivity index (χ4v) is 4.79. The van der Waals surface area contributed by atoms with Crippen molar-refractivity contribution in [2.24, 2.45) is 11.8 Å². The summed E-state index contributed by atoms with van der Waals surface area (Å²) < 4.78 is 0. The molecule has 2 N–H and O–H groups in total. The summed E-state index contributed by atoms with van der Waals surface area (Å²) in [5.74, 6) is 1.86. The van der Waals surface area contributed by atoms with Crippen LogP contribution < -0.4 is 10.2 Å². The second kappa shape index (κ2) is 11.0. The van der Waals surface area contributed by atoms with Gasteiger partial charge in [0.25, 0.3) is 0 Å². The lowest BCUT2D eigenvalue weighted by Crippen LogP contribution is -2.47. The Balaban J connectivity index is 0.000000187. The van der Waals surface area contributed by atoms with Gasteiger partial charge in [-0.3, -0.25) is 4.90 Å². The summed E-state index contributed by atoms with van der Waals surface area (Å²) in [6, 6.07) is 7.01. The third-order valence-corrected chi connectivity index (χ3v) is 7.04. The first kappa shape index (κ1) is 22.9. The minimum atomic E-state index is -0.880. The van der Waals surface area contributed by atoms with E-state index < -0.39 is 6.09 Å². The lowest BCUT2D eigenvalue weighted by molar-refractivity contribution is 0.182. The molecule has 3 aliphatic rings. The van der Waals surface area contributed by atoms with Crippen molar-refractivity contribution in [3.05, 3.63) is 29.3 Å². The number of amides is 1. The van der Waals surface area contributed by atoms with E-state index in [-0.39, 0.29) is 6.04 Å². The predicted octanol–water partition coefficient (Wildman–Crippen LogP) is 5.06. The molecular formula is C25H41N3O2. The van der Waals surface area contributed by atoms with Crippen molar-refractivity contribution in [3.63, 3.8) is 0 Å². The molecule has 1 saturated heterocycles. The second-order valence-corrected chi connectivity index (χ2v) is 9.60. The van der Waals surface area contributed by atoms with Gasteiger partial charge >= 0.3 is 6.09 Å². The van der Waals surface area contributed by atoms with Gasteiger partial charge < -0.3 is 15.3 Å². The van der Waals surface area contributed by atoms with Crippen LogP contribution in [0.1, 0.15) is 63.0 Å². The van der Waals surface area contributed by atoms with Crippen molar-refractivity contribution in [2.45, 2.75) is 71.8 Å². The summed E-state index contributed by atoms with van der Waals surface area (Å²) in [6.07, 6.45) is 7.70. The molecule has 2 saturated carbocycles. The average molecular weight is 416 g/mol. The molecule has 30 heavy (non-hydrogen) atoms. The topological polar surface area (TPSA) is 55.8 Å². The molecule has 0 bridgehead atoms. The third-order valence-electron chi connectivity index (χ3n) is 7.04. The molecule has 0 unspecified atom stereocenters. The summed E-state index contributed by atoms with van der Waals surface area (Å²) in [5.41, 5.74) is 4.23. The number of anilines is 1. The molecule has 0 radical (unpaired) electrons. The first-order chi connectivity index (χ1) is 14.4. The normalized spacial score (nSPS) is 24.7. The number of benzene rings is 1. The van der Waals surface area contributed by atoms with Gasteiger partial charge in [-0.1, -0.05) is 25.5 Å². The maximum atomic E-state index is 10.3. The molecule has 1 amide bonds. The Kier molecular flexibility index (Phi) is 8.43. The fourth-order valence-electron chi connectivity index (χ4n) is 4.79. The highest BCUT2D eigenvalue weighted by Gasteiger charge is 2.26. The van der Waals surface area contributed by atoms with Crippen LogP contribution in [0.15, 0.2) is 18.2 Å². The van der Waals surface area contributed by atoms with Gasteiger partial charge in [0.15, 0.2) is 0 Å². The van der Waals surface area contributed by atoms with Gasteiger partial charge in [0.2, 0.25) is 0 Å². The van der Waals surface area contributed by atoms with E-state index in [1.807, 2.05) is 0 Å². The largest absolute Gasteiger partial charge is 0.465 e. The first-order valence-corrected chi connectivity index (χ1v) is 12.0. The number of nitrogens with one attached hydrogen (secondary N) is 1. The van der Waals surface area contributed by atoms with Crippen LogP contribution in [0.25, 0.3) is 0 Å². The Hall–Kier alpha value is -1.75. The Labute approximate surface area is 182 Å². The van der Waals surface area contributed by atoms with Crippen molar-refractivity contribution in [1.82, 2.24) is 10.2 Å². The van der Waals surface area contributed by atoms with Crippen LogP contribution in [0.3, 0.4) is 0 Å². The summed E-state index contributed by atoms with van der Waals surface area (Å²) >= 11 is 0. The van der Waals surface area contributed by atoms with Crippen molar-refractivity contribution in [1.29, 1.82) is 0 Å². The summed E-state index contributed by atoms with van der Waals surface area (Å²) in [5, 5.41) is 11.0. The summed E-state index contributed by atoms with van der Waals surface area (Å²) in [6.45, 7) is 12.8. The van der Waals surface area contributed by atoms with E-state index in [0.29, 0.717) is 0 Å². The zero-order chi connectivity index (χ0) is 21.5. The minimum absolute atomic E-state index is 0.213.